The molecule has 0 spiro atoms. The maximum absolute atomic E-state index is 8.97. The van der Waals surface area contributed by atoms with Crippen LogP contribution in [-0.4, -0.2) is 5.11 Å². The molecule has 1 rings (SSSR count). The van der Waals surface area contributed by atoms with Crippen LogP contribution in [0.5, 0.6) is 5.75 Å². The molecule has 1 aromatic carbocycles. The average Bonchev–Trinajstić information content (AvgIpc) is 1.77. The molecule has 1 aromatic rings. The van der Waals surface area contributed by atoms with Crippen molar-refractivity contribution in [3.8, 4) is 5.75 Å². The first kappa shape index (κ1) is 6.08. The van der Waals surface area contributed by atoms with Gasteiger partial charge in [-0.2, -0.15) is 0 Å². The summed E-state index contributed by atoms with van der Waals surface area (Å²) >= 11 is 0.548. The van der Waals surface area contributed by atoms with Crippen LogP contribution in [0.15, 0.2) is 24.3 Å². The van der Waals surface area contributed by atoms with Gasteiger partial charge in [0.2, 0.25) is 0 Å². The minimum atomic E-state index is 0.454. The van der Waals surface area contributed by atoms with Crippen molar-refractivity contribution in [2.24, 2.45) is 0 Å². The zero-order chi connectivity index (χ0) is 5.98. The summed E-state index contributed by atoms with van der Waals surface area (Å²) in [6.45, 7) is 0. The molecule has 0 amide bonds. The van der Waals surface area contributed by atoms with Gasteiger partial charge in [0.15, 0.2) is 0 Å². The van der Waals surface area contributed by atoms with E-state index in [2.05, 4.69) is 0 Å². The Balaban J connectivity index is 3.13. The van der Waals surface area contributed by atoms with Crippen molar-refractivity contribution in [2.45, 2.75) is 0 Å². The number of phenols is 1. The Morgan fingerprint density at radius 3 is 2.25 bits per heavy atom. The van der Waals surface area contributed by atoms with Crippen molar-refractivity contribution >= 4 is 3.07 Å². The van der Waals surface area contributed by atoms with E-state index in [4.69, 9.17) is 5.11 Å². The van der Waals surface area contributed by atoms with E-state index in [0.717, 1.165) is 3.07 Å². The summed E-state index contributed by atoms with van der Waals surface area (Å²) in [5.74, 6) is 0.454. The predicted molar refractivity (Wildman–Crippen MR) is 27.7 cm³/mol. The van der Waals surface area contributed by atoms with Crippen LogP contribution in [0.25, 0.3) is 0 Å². The van der Waals surface area contributed by atoms with Crippen molar-refractivity contribution in [2.75, 3.05) is 0 Å². The van der Waals surface area contributed by atoms with Gasteiger partial charge in [0, 0.05) is 0 Å². The molecule has 0 bridgehead atoms. The summed E-state index contributed by atoms with van der Waals surface area (Å²) in [5.41, 5.74) is 0. The summed E-state index contributed by atoms with van der Waals surface area (Å²) in [4.78, 5) is 0. The number of aromatic hydroxyl groups is 1. The SMILES string of the molecule is Oc1cccc[c]1[Hg+]. The normalized spacial score (nSPS) is 9.25. The van der Waals surface area contributed by atoms with Gasteiger partial charge in [0.05, 0.1) is 0 Å². The molecule has 0 heterocycles. The number of benzene rings is 1. The second-order valence-electron chi connectivity index (χ2n) is 1.63. The van der Waals surface area contributed by atoms with Crippen LogP contribution >= 0.6 is 0 Å². The first-order valence-electron chi connectivity index (χ1n) is 2.40. The molecular weight excluding hydrogens is 289 g/mol. The number of para-hydroxylation sites is 1. The van der Waals surface area contributed by atoms with Gasteiger partial charge < -0.3 is 0 Å². The van der Waals surface area contributed by atoms with Gasteiger partial charge in [-0.1, -0.05) is 0 Å². The van der Waals surface area contributed by atoms with Crippen molar-refractivity contribution < 1.29 is 31.2 Å². The van der Waals surface area contributed by atoms with Crippen LogP contribution in [0.2, 0.25) is 0 Å². The summed E-state index contributed by atoms with van der Waals surface area (Å²) in [7, 11) is 0. The number of hydrogen-bond donors (Lipinski definition) is 1. The Hall–Kier alpha value is -0.0449. The van der Waals surface area contributed by atoms with E-state index in [9.17, 15) is 0 Å². The van der Waals surface area contributed by atoms with E-state index >= 15 is 0 Å². The average molecular weight is 294 g/mol. The molecule has 0 fully saturated rings. The molecule has 0 aliphatic rings. The van der Waals surface area contributed by atoms with Crippen LogP contribution in [0, 0.1) is 0 Å². The molecule has 36 valence electrons. The van der Waals surface area contributed by atoms with Crippen molar-refractivity contribution in [3.05, 3.63) is 24.3 Å². The Morgan fingerprint density at radius 2 is 1.88 bits per heavy atom. The van der Waals surface area contributed by atoms with Crippen LogP contribution in [-0.2, 0) is 26.1 Å². The van der Waals surface area contributed by atoms with E-state index in [1.807, 2.05) is 18.2 Å². The number of hydrogen-bond acceptors (Lipinski definition) is 1. The molecule has 0 unspecified atom stereocenters. The first-order valence-corrected chi connectivity index (χ1v) is 5.15. The van der Waals surface area contributed by atoms with E-state index in [0.29, 0.717) is 31.9 Å². The molecule has 0 aromatic heterocycles. The molecule has 0 aliphatic heterocycles. The molecule has 2 heteroatoms. The number of rotatable bonds is 0. The molecule has 0 radical (unpaired) electrons. The Labute approximate surface area is 64.3 Å². The molecule has 1 nitrogen and oxygen atoms in total. The third-order valence-electron chi connectivity index (χ3n) is 0.992. The van der Waals surface area contributed by atoms with Gasteiger partial charge in [-0.3, -0.25) is 0 Å². The summed E-state index contributed by atoms with van der Waals surface area (Å²) in [6, 6.07) is 7.47. The van der Waals surface area contributed by atoms with Crippen molar-refractivity contribution in [3.63, 3.8) is 0 Å². The predicted octanol–water partition coefficient (Wildman–Crippen LogP) is 0.564. The topological polar surface area (TPSA) is 20.2 Å². The maximum atomic E-state index is 8.97. The van der Waals surface area contributed by atoms with Gasteiger partial charge in [-0.15, -0.1) is 0 Å². The Kier molecular flexibility index (Phi) is 1.89. The fraction of sp³-hybridized carbons (Fsp3) is 0. The molecule has 0 saturated heterocycles. The van der Waals surface area contributed by atoms with Crippen LogP contribution in [0.1, 0.15) is 0 Å². The Bertz CT molecular complexity index is 165. The second kappa shape index (κ2) is 2.49. The third-order valence-corrected chi connectivity index (χ3v) is 3.32. The minimum absolute atomic E-state index is 0.454. The van der Waals surface area contributed by atoms with Gasteiger partial charge in [-0.05, 0) is 0 Å². The summed E-state index contributed by atoms with van der Waals surface area (Å²) in [6.07, 6.45) is 0. The van der Waals surface area contributed by atoms with E-state index in [-0.39, 0.29) is 0 Å². The monoisotopic (exact) mass is 295 g/mol. The van der Waals surface area contributed by atoms with E-state index < -0.39 is 0 Å². The zero-order valence-electron chi connectivity index (χ0n) is 4.46. The van der Waals surface area contributed by atoms with Gasteiger partial charge in [0.25, 0.3) is 0 Å². The molecular formula is C6H5HgO+. The Morgan fingerprint density at radius 1 is 1.25 bits per heavy atom. The van der Waals surface area contributed by atoms with Crippen molar-refractivity contribution in [1.29, 1.82) is 0 Å². The molecule has 8 heavy (non-hydrogen) atoms. The molecule has 0 aliphatic carbocycles. The van der Waals surface area contributed by atoms with Crippen LogP contribution in [0.4, 0.5) is 0 Å². The molecule has 0 saturated carbocycles. The zero-order valence-corrected chi connectivity index (χ0v) is 9.96. The third kappa shape index (κ3) is 1.22. The van der Waals surface area contributed by atoms with Crippen molar-refractivity contribution in [1.82, 2.24) is 0 Å². The standard InChI is InChI=1S/C6H5O.Hg/c7-6-4-2-1-3-5-6;/h1-4,7H;/q;+1. The summed E-state index contributed by atoms with van der Waals surface area (Å²) in [5, 5.41) is 8.97. The fourth-order valence-corrected chi connectivity index (χ4v) is 1.50. The second-order valence-corrected chi connectivity index (χ2v) is 4.59. The quantitative estimate of drug-likeness (QED) is 0.693. The van der Waals surface area contributed by atoms with Crippen LogP contribution < -0.4 is 3.07 Å². The summed E-state index contributed by atoms with van der Waals surface area (Å²) < 4.78 is 1.12. The molecule has 0 atom stereocenters. The van der Waals surface area contributed by atoms with E-state index in [1.165, 1.54) is 0 Å². The molecule has 1 N–H and O–H groups in total. The van der Waals surface area contributed by atoms with Gasteiger partial charge in [0.1, 0.15) is 0 Å². The van der Waals surface area contributed by atoms with Gasteiger partial charge in [-0.25, -0.2) is 0 Å². The van der Waals surface area contributed by atoms with Crippen LogP contribution in [0.3, 0.4) is 0 Å². The fourth-order valence-electron chi connectivity index (χ4n) is 0.511. The number of phenolic OH excluding ortho intramolecular Hbond substituents is 1. The first-order chi connectivity index (χ1) is 3.80. The van der Waals surface area contributed by atoms with E-state index in [1.54, 1.807) is 6.07 Å². The van der Waals surface area contributed by atoms with Gasteiger partial charge >= 0.3 is 64.3 Å².